The molecule has 4 aromatic rings. The molecule has 1 unspecified atom stereocenters. The number of hydrogen-bond donors (Lipinski definition) is 0. The average Bonchev–Trinajstić information content (AvgIpc) is 3.14. The van der Waals surface area contributed by atoms with Gasteiger partial charge in [-0.25, -0.2) is 0 Å². The summed E-state index contributed by atoms with van der Waals surface area (Å²) in [5.74, 6) is 2.08. The van der Waals surface area contributed by atoms with Gasteiger partial charge in [-0.3, -0.25) is 0 Å². The zero-order chi connectivity index (χ0) is 21.2. The Hall–Kier alpha value is -2.37. The number of thioether (sulfide) groups is 2. The molecule has 0 bridgehead atoms. The van der Waals surface area contributed by atoms with Crippen molar-refractivity contribution in [2.45, 2.75) is 21.9 Å². The molecule has 0 saturated carbocycles. The van der Waals surface area contributed by atoms with E-state index in [-0.39, 0.29) is 5.92 Å². The maximum Gasteiger partial charge on any atom is 0.416 e. The van der Waals surface area contributed by atoms with E-state index in [1.165, 1.54) is 54.9 Å². The summed E-state index contributed by atoms with van der Waals surface area (Å²) in [6.07, 6.45) is -4.33. The maximum absolute atomic E-state index is 13.2. The zero-order valence-corrected chi connectivity index (χ0v) is 18.0. The number of fused-ring (bicyclic) bond motifs is 8. The molecule has 0 radical (unpaired) electrons. The monoisotopic (exact) mass is 450 g/mol. The quantitative estimate of drug-likeness (QED) is 0.252. The van der Waals surface area contributed by atoms with Crippen molar-refractivity contribution < 1.29 is 13.2 Å². The lowest BCUT2D eigenvalue weighted by Crippen LogP contribution is -2.06. The van der Waals surface area contributed by atoms with E-state index in [0.717, 1.165) is 17.1 Å². The second-order valence-electron chi connectivity index (χ2n) is 7.83. The Bertz CT molecular complexity index is 1320. The van der Waals surface area contributed by atoms with Crippen LogP contribution < -0.4 is 0 Å². The van der Waals surface area contributed by atoms with E-state index in [0.29, 0.717) is 0 Å². The van der Waals surface area contributed by atoms with Crippen LogP contribution in [0.5, 0.6) is 0 Å². The molecule has 154 valence electrons. The van der Waals surface area contributed by atoms with Crippen LogP contribution in [-0.2, 0) is 6.18 Å². The Morgan fingerprint density at radius 1 is 0.710 bits per heavy atom. The molecular formula is C26H17F3S2. The van der Waals surface area contributed by atoms with Gasteiger partial charge in [0.1, 0.15) is 0 Å². The van der Waals surface area contributed by atoms with Crippen LogP contribution in [0.2, 0.25) is 0 Å². The zero-order valence-electron chi connectivity index (χ0n) is 16.4. The molecule has 6 rings (SSSR count). The van der Waals surface area contributed by atoms with Crippen molar-refractivity contribution >= 4 is 34.3 Å². The van der Waals surface area contributed by atoms with Crippen LogP contribution in [0.25, 0.3) is 21.9 Å². The minimum absolute atomic E-state index is 0.0730. The van der Waals surface area contributed by atoms with Crippen molar-refractivity contribution in [2.24, 2.45) is 0 Å². The van der Waals surface area contributed by atoms with Gasteiger partial charge >= 0.3 is 6.18 Å². The Morgan fingerprint density at radius 3 is 2.10 bits per heavy atom. The lowest BCUT2D eigenvalue weighted by Gasteiger charge is -2.23. The summed E-state index contributed by atoms with van der Waals surface area (Å²) in [6, 6.07) is 22.6. The van der Waals surface area contributed by atoms with Gasteiger partial charge in [0.2, 0.25) is 0 Å². The summed E-state index contributed by atoms with van der Waals surface area (Å²) >= 11 is 3.82. The van der Waals surface area contributed by atoms with E-state index in [4.69, 9.17) is 0 Å². The smallest absolute Gasteiger partial charge is 0.166 e. The fraction of sp³-hybridized carbons (Fsp3) is 0.154. The van der Waals surface area contributed by atoms with Crippen LogP contribution >= 0.6 is 23.5 Å². The van der Waals surface area contributed by atoms with E-state index in [1.807, 2.05) is 29.6 Å². The highest BCUT2D eigenvalue weighted by Gasteiger charge is 2.36. The van der Waals surface area contributed by atoms with Crippen molar-refractivity contribution in [3.8, 4) is 11.1 Å². The lowest BCUT2D eigenvalue weighted by atomic mass is 9.86. The summed E-state index contributed by atoms with van der Waals surface area (Å²) in [5, 5.41) is 2.45. The first-order valence-corrected chi connectivity index (χ1v) is 12.1. The van der Waals surface area contributed by atoms with Crippen LogP contribution in [0, 0.1) is 0 Å². The molecule has 2 aliphatic rings. The minimum Gasteiger partial charge on any atom is -0.166 e. The Kier molecular flexibility index (Phi) is 4.41. The molecule has 0 saturated heterocycles. The molecule has 0 aromatic heterocycles. The van der Waals surface area contributed by atoms with Gasteiger partial charge in [-0.1, -0.05) is 60.7 Å². The molecule has 1 aliphatic carbocycles. The molecular weight excluding hydrogens is 433 g/mol. The highest BCUT2D eigenvalue weighted by molar-refractivity contribution is 8.05. The molecule has 1 aliphatic heterocycles. The number of halogens is 3. The van der Waals surface area contributed by atoms with Gasteiger partial charge in [0.15, 0.2) is 0 Å². The molecule has 0 nitrogen and oxygen atoms in total. The largest absolute Gasteiger partial charge is 0.416 e. The third-order valence-electron chi connectivity index (χ3n) is 6.14. The third kappa shape index (κ3) is 2.94. The van der Waals surface area contributed by atoms with Gasteiger partial charge in [0.25, 0.3) is 0 Å². The van der Waals surface area contributed by atoms with Gasteiger partial charge in [-0.05, 0) is 45.2 Å². The maximum atomic E-state index is 13.2. The van der Waals surface area contributed by atoms with E-state index in [2.05, 4.69) is 42.5 Å². The van der Waals surface area contributed by atoms with Crippen LogP contribution in [-0.4, -0.2) is 11.5 Å². The molecule has 0 N–H and O–H groups in total. The fourth-order valence-corrected chi connectivity index (χ4v) is 7.49. The summed E-state index contributed by atoms with van der Waals surface area (Å²) in [6.45, 7) is 0. The summed E-state index contributed by atoms with van der Waals surface area (Å²) in [7, 11) is 0. The van der Waals surface area contributed by atoms with Gasteiger partial charge in [0.05, 0.1) is 5.56 Å². The number of benzene rings is 4. The molecule has 1 heterocycles. The van der Waals surface area contributed by atoms with Gasteiger partial charge in [-0.15, -0.1) is 23.5 Å². The van der Waals surface area contributed by atoms with Crippen molar-refractivity contribution in [1.29, 1.82) is 0 Å². The number of alkyl halides is 3. The molecule has 0 fully saturated rings. The first kappa shape index (κ1) is 19.3. The van der Waals surface area contributed by atoms with Crippen LogP contribution in [0.15, 0.2) is 82.6 Å². The fourth-order valence-electron chi connectivity index (χ4n) is 4.89. The Balaban J connectivity index is 1.67. The molecule has 1 atom stereocenters. The van der Waals surface area contributed by atoms with Gasteiger partial charge in [0, 0.05) is 32.8 Å². The van der Waals surface area contributed by atoms with Crippen LogP contribution in [0.4, 0.5) is 13.2 Å². The molecule has 31 heavy (non-hydrogen) atoms. The molecule has 0 spiro atoms. The topological polar surface area (TPSA) is 0 Å². The predicted octanol–water partition coefficient (Wildman–Crippen LogP) is 8.22. The van der Waals surface area contributed by atoms with Crippen molar-refractivity contribution in [3.05, 3.63) is 95.1 Å². The summed E-state index contributed by atoms with van der Waals surface area (Å²) < 4.78 is 39.5. The normalized spacial score (nSPS) is 17.3. The molecule has 4 aromatic carbocycles. The van der Waals surface area contributed by atoms with E-state index in [9.17, 15) is 13.2 Å². The molecule has 0 amide bonds. The van der Waals surface area contributed by atoms with E-state index >= 15 is 0 Å². The highest BCUT2D eigenvalue weighted by Crippen LogP contribution is 2.58. The summed E-state index contributed by atoms with van der Waals surface area (Å²) in [5.41, 5.74) is 5.17. The first-order valence-electron chi connectivity index (χ1n) is 10.1. The lowest BCUT2D eigenvalue weighted by molar-refractivity contribution is -0.137. The van der Waals surface area contributed by atoms with Gasteiger partial charge < -0.3 is 0 Å². The number of hydrogen-bond acceptors (Lipinski definition) is 2. The molecule has 5 heteroatoms. The van der Waals surface area contributed by atoms with Crippen molar-refractivity contribution in [2.75, 3.05) is 11.5 Å². The van der Waals surface area contributed by atoms with Crippen molar-refractivity contribution in [3.63, 3.8) is 0 Å². The second kappa shape index (κ2) is 7.07. The number of rotatable bonds is 1. The van der Waals surface area contributed by atoms with Crippen LogP contribution in [0.1, 0.15) is 28.2 Å². The Morgan fingerprint density at radius 2 is 1.35 bits per heavy atom. The minimum atomic E-state index is -4.33. The SMILES string of the molecule is FC(F)(F)c1ccc(C2c3ccccc3-c3c4c(c5ccccc5c32)SCCS4)cc1. The first-order chi connectivity index (χ1) is 15.0. The van der Waals surface area contributed by atoms with Gasteiger partial charge in [-0.2, -0.15) is 13.2 Å². The standard InChI is InChI=1S/C26H17F3S2/c27-26(28,29)16-11-9-15(10-12-16)21-17-5-1-2-6-18(17)23-22(21)19-7-3-4-8-20(19)24-25(23)31-14-13-30-24/h1-12,21H,13-14H2. The third-order valence-corrected chi connectivity index (χ3v) is 8.76. The van der Waals surface area contributed by atoms with Crippen molar-refractivity contribution in [1.82, 2.24) is 0 Å². The highest BCUT2D eigenvalue weighted by atomic mass is 32.2. The second-order valence-corrected chi connectivity index (χ2v) is 10.0. The average molecular weight is 451 g/mol. The Labute approximate surface area is 186 Å². The van der Waals surface area contributed by atoms with E-state index < -0.39 is 11.7 Å². The predicted molar refractivity (Wildman–Crippen MR) is 123 cm³/mol. The van der Waals surface area contributed by atoms with Crippen LogP contribution in [0.3, 0.4) is 0 Å². The van der Waals surface area contributed by atoms with E-state index in [1.54, 1.807) is 12.1 Å². The summed E-state index contributed by atoms with van der Waals surface area (Å²) in [4.78, 5) is 2.67.